The number of hydrogen-bond acceptors (Lipinski definition) is 3. The van der Waals surface area contributed by atoms with Crippen LogP contribution in [0.15, 0.2) is 0 Å². The molecule has 1 rings (SSSR count). The molecule has 1 atom stereocenters. The van der Waals surface area contributed by atoms with Gasteiger partial charge < -0.3 is 10.6 Å². The number of carbonyl (C=O) groups is 1. The Morgan fingerprint density at radius 3 is 2.41 bits per heavy atom. The Balaban J connectivity index is 2.51. The summed E-state index contributed by atoms with van der Waals surface area (Å²) < 4.78 is 0. The van der Waals surface area contributed by atoms with E-state index < -0.39 is 0 Å². The minimum absolute atomic E-state index is 0.226. The molecule has 1 fully saturated rings. The summed E-state index contributed by atoms with van der Waals surface area (Å²) in [6, 6.07) is 0.769. The van der Waals surface area contributed by atoms with Crippen molar-refractivity contribution in [1.82, 2.24) is 9.80 Å². The molecule has 1 heterocycles. The Bertz CT molecular complexity index is 245. The van der Waals surface area contributed by atoms with Crippen LogP contribution in [0.1, 0.15) is 40.5 Å². The van der Waals surface area contributed by atoms with E-state index in [9.17, 15) is 4.79 Å². The van der Waals surface area contributed by atoms with Crippen molar-refractivity contribution >= 4 is 5.91 Å². The number of carbonyl (C=O) groups excluding carboxylic acids is 1. The van der Waals surface area contributed by atoms with Gasteiger partial charge in [-0.2, -0.15) is 0 Å². The summed E-state index contributed by atoms with van der Waals surface area (Å²) in [5.41, 5.74) is 5.93. The predicted molar refractivity (Wildman–Crippen MR) is 70.8 cm³/mol. The average molecular weight is 241 g/mol. The number of likely N-dealkylation sites (tertiary alicyclic amines) is 1. The summed E-state index contributed by atoms with van der Waals surface area (Å²) in [7, 11) is 0. The smallest absolute Gasteiger partial charge is 0.237 e. The van der Waals surface area contributed by atoms with Gasteiger partial charge in [0.1, 0.15) is 0 Å². The number of amides is 1. The van der Waals surface area contributed by atoms with Gasteiger partial charge in [0.15, 0.2) is 0 Å². The molecule has 1 amide bonds. The quantitative estimate of drug-likeness (QED) is 0.800. The van der Waals surface area contributed by atoms with Crippen molar-refractivity contribution in [3.8, 4) is 0 Å². The molecular weight excluding hydrogens is 214 g/mol. The van der Waals surface area contributed by atoms with Gasteiger partial charge in [-0.05, 0) is 47.1 Å². The van der Waals surface area contributed by atoms with Crippen molar-refractivity contribution in [2.45, 2.75) is 58.7 Å². The van der Waals surface area contributed by atoms with Crippen LogP contribution in [0.25, 0.3) is 0 Å². The molecule has 2 N–H and O–H groups in total. The molecular formula is C13H27N3O. The first-order valence-corrected chi connectivity index (χ1v) is 6.71. The highest BCUT2D eigenvalue weighted by atomic mass is 16.2. The summed E-state index contributed by atoms with van der Waals surface area (Å²) in [6.45, 7) is 10.7. The van der Waals surface area contributed by atoms with E-state index in [1.165, 1.54) is 0 Å². The molecule has 1 aliphatic rings. The highest BCUT2D eigenvalue weighted by Crippen LogP contribution is 2.11. The highest BCUT2D eigenvalue weighted by molar-refractivity contribution is 5.78. The van der Waals surface area contributed by atoms with Gasteiger partial charge in [-0.1, -0.05) is 0 Å². The van der Waals surface area contributed by atoms with E-state index >= 15 is 0 Å². The van der Waals surface area contributed by atoms with Crippen molar-refractivity contribution in [3.05, 3.63) is 0 Å². The minimum atomic E-state index is 0.226. The maximum absolute atomic E-state index is 12.2. The van der Waals surface area contributed by atoms with Crippen molar-refractivity contribution in [1.29, 1.82) is 0 Å². The van der Waals surface area contributed by atoms with Gasteiger partial charge in [-0.3, -0.25) is 9.69 Å². The van der Waals surface area contributed by atoms with Gasteiger partial charge in [-0.25, -0.2) is 0 Å². The third kappa shape index (κ3) is 4.28. The molecule has 0 radical (unpaired) electrons. The monoisotopic (exact) mass is 241 g/mol. The SMILES string of the molecule is CC(C)N(C(=O)CN1CCC[C@H](N)C1)C(C)C. The number of nitrogens with two attached hydrogens (primary N) is 1. The number of rotatable bonds is 4. The summed E-state index contributed by atoms with van der Waals surface area (Å²) in [4.78, 5) is 16.4. The van der Waals surface area contributed by atoms with E-state index in [0.29, 0.717) is 6.54 Å². The molecule has 1 saturated heterocycles. The van der Waals surface area contributed by atoms with E-state index in [1.54, 1.807) is 0 Å². The molecule has 0 aromatic carbocycles. The molecule has 1 aliphatic heterocycles. The first-order chi connectivity index (χ1) is 7.91. The lowest BCUT2D eigenvalue weighted by atomic mass is 10.1. The zero-order valence-corrected chi connectivity index (χ0v) is 11.6. The van der Waals surface area contributed by atoms with E-state index in [1.807, 2.05) is 4.90 Å². The predicted octanol–water partition coefficient (Wildman–Crippen LogP) is 1.05. The van der Waals surface area contributed by atoms with Crippen LogP contribution in [0.3, 0.4) is 0 Å². The molecule has 0 spiro atoms. The van der Waals surface area contributed by atoms with Gasteiger partial charge in [0.05, 0.1) is 6.54 Å². The molecule has 0 unspecified atom stereocenters. The zero-order valence-electron chi connectivity index (χ0n) is 11.6. The van der Waals surface area contributed by atoms with Gasteiger partial charge in [-0.15, -0.1) is 0 Å². The van der Waals surface area contributed by atoms with Crippen LogP contribution in [0, 0.1) is 0 Å². The first kappa shape index (κ1) is 14.5. The molecule has 17 heavy (non-hydrogen) atoms. The van der Waals surface area contributed by atoms with Gasteiger partial charge in [0, 0.05) is 24.7 Å². The third-order valence-corrected chi connectivity index (χ3v) is 3.30. The Morgan fingerprint density at radius 1 is 1.35 bits per heavy atom. The number of nitrogens with zero attached hydrogens (tertiary/aromatic N) is 2. The summed E-state index contributed by atoms with van der Waals surface area (Å²) in [5.74, 6) is 0.226. The van der Waals surface area contributed by atoms with E-state index in [2.05, 4.69) is 32.6 Å². The Hall–Kier alpha value is -0.610. The Labute approximate surface area is 105 Å². The number of piperidine rings is 1. The van der Waals surface area contributed by atoms with Crippen molar-refractivity contribution in [2.75, 3.05) is 19.6 Å². The summed E-state index contributed by atoms with van der Waals surface area (Å²) in [6.07, 6.45) is 2.20. The van der Waals surface area contributed by atoms with E-state index in [4.69, 9.17) is 5.73 Å². The second-order valence-corrected chi connectivity index (χ2v) is 5.63. The first-order valence-electron chi connectivity index (χ1n) is 6.71. The topological polar surface area (TPSA) is 49.6 Å². The normalized spacial score (nSPS) is 22.2. The largest absolute Gasteiger partial charge is 0.337 e. The fraction of sp³-hybridized carbons (Fsp3) is 0.923. The van der Waals surface area contributed by atoms with Gasteiger partial charge >= 0.3 is 0 Å². The second-order valence-electron chi connectivity index (χ2n) is 5.63. The molecule has 0 aromatic rings. The maximum Gasteiger partial charge on any atom is 0.237 e. The minimum Gasteiger partial charge on any atom is -0.337 e. The number of hydrogen-bond donors (Lipinski definition) is 1. The van der Waals surface area contributed by atoms with Crippen molar-refractivity contribution in [2.24, 2.45) is 5.73 Å². The standard InChI is InChI=1S/C13H27N3O/c1-10(2)16(11(3)4)13(17)9-15-7-5-6-12(14)8-15/h10-12H,5-9,14H2,1-4H3/t12-/m0/s1. The van der Waals surface area contributed by atoms with E-state index in [-0.39, 0.29) is 24.0 Å². The average Bonchev–Trinajstić information content (AvgIpc) is 2.15. The van der Waals surface area contributed by atoms with Crippen LogP contribution >= 0.6 is 0 Å². The fourth-order valence-corrected chi connectivity index (χ4v) is 2.68. The summed E-state index contributed by atoms with van der Waals surface area (Å²) in [5, 5.41) is 0. The molecule has 0 saturated carbocycles. The third-order valence-electron chi connectivity index (χ3n) is 3.30. The Kier molecular flexibility index (Phi) is 5.40. The molecule has 4 heteroatoms. The van der Waals surface area contributed by atoms with Crippen LogP contribution < -0.4 is 5.73 Å². The second kappa shape index (κ2) is 6.36. The molecule has 4 nitrogen and oxygen atoms in total. The van der Waals surface area contributed by atoms with Crippen LogP contribution in [-0.2, 0) is 4.79 Å². The van der Waals surface area contributed by atoms with Gasteiger partial charge in [0.2, 0.25) is 5.91 Å². The van der Waals surface area contributed by atoms with Gasteiger partial charge in [0.25, 0.3) is 0 Å². The highest BCUT2D eigenvalue weighted by Gasteiger charge is 2.24. The van der Waals surface area contributed by atoms with Crippen molar-refractivity contribution in [3.63, 3.8) is 0 Å². The molecule has 0 aliphatic carbocycles. The van der Waals surface area contributed by atoms with Crippen LogP contribution in [0.2, 0.25) is 0 Å². The molecule has 100 valence electrons. The lowest BCUT2D eigenvalue weighted by molar-refractivity contribution is -0.136. The zero-order chi connectivity index (χ0) is 13.0. The van der Waals surface area contributed by atoms with Crippen molar-refractivity contribution < 1.29 is 4.79 Å². The Morgan fingerprint density at radius 2 is 1.94 bits per heavy atom. The molecule has 0 aromatic heterocycles. The van der Waals surface area contributed by atoms with Crippen LogP contribution in [0.4, 0.5) is 0 Å². The van der Waals surface area contributed by atoms with Crippen LogP contribution in [-0.4, -0.2) is 53.5 Å². The molecule has 0 bridgehead atoms. The maximum atomic E-state index is 12.2. The lowest BCUT2D eigenvalue weighted by Gasteiger charge is -2.35. The van der Waals surface area contributed by atoms with Crippen LogP contribution in [0.5, 0.6) is 0 Å². The summed E-state index contributed by atoms with van der Waals surface area (Å²) >= 11 is 0. The van der Waals surface area contributed by atoms with E-state index in [0.717, 1.165) is 25.9 Å². The fourth-order valence-electron chi connectivity index (χ4n) is 2.68. The lowest BCUT2D eigenvalue weighted by Crippen LogP contribution is -2.50.